The van der Waals surface area contributed by atoms with Crippen LogP contribution in [0.2, 0.25) is 0 Å². The number of rotatable bonds is 8. The van der Waals surface area contributed by atoms with E-state index >= 15 is 0 Å². The lowest BCUT2D eigenvalue weighted by atomic mass is 10.1. The highest BCUT2D eigenvalue weighted by molar-refractivity contribution is 6.06. The van der Waals surface area contributed by atoms with Gasteiger partial charge in [0.25, 0.3) is 11.8 Å². The Balaban J connectivity index is 1.79. The van der Waals surface area contributed by atoms with Gasteiger partial charge in [-0.3, -0.25) is 9.59 Å². The molecule has 0 bridgehead atoms. The zero-order chi connectivity index (χ0) is 23.6. The van der Waals surface area contributed by atoms with Crippen molar-refractivity contribution in [3.8, 4) is 0 Å². The molecular formula is C26H26N4O3. The lowest BCUT2D eigenvalue weighted by molar-refractivity contribution is -0.117. The summed E-state index contributed by atoms with van der Waals surface area (Å²) in [6.07, 6.45) is 6.64. The minimum Gasteiger partial charge on any atom is -0.465 e. The number of nitrogens with one attached hydrogen (secondary N) is 2. The number of hydrazone groups is 1. The van der Waals surface area contributed by atoms with Crippen molar-refractivity contribution in [2.45, 2.75) is 6.92 Å². The van der Waals surface area contributed by atoms with E-state index in [2.05, 4.69) is 15.8 Å². The molecule has 0 spiro atoms. The molecule has 3 rings (SSSR count). The second kappa shape index (κ2) is 11.3. The van der Waals surface area contributed by atoms with E-state index in [-0.39, 0.29) is 11.6 Å². The molecule has 0 radical (unpaired) electrons. The van der Waals surface area contributed by atoms with Crippen molar-refractivity contribution in [2.75, 3.05) is 19.0 Å². The topological polar surface area (TPSA) is 86.9 Å². The Bertz CT molecular complexity index is 1160. The molecular weight excluding hydrogens is 416 g/mol. The molecule has 0 saturated heterocycles. The van der Waals surface area contributed by atoms with Gasteiger partial charge < -0.3 is 14.6 Å². The molecule has 0 unspecified atom stereocenters. The first-order valence-corrected chi connectivity index (χ1v) is 10.3. The SMILES string of the molecule is CC(/C=C/c1ccco1)=NNC(=O)/C(=C/c1ccc(N(C)C)cc1)NC(=O)c1ccccc1. The molecule has 1 heterocycles. The van der Waals surface area contributed by atoms with Crippen LogP contribution in [-0.2, 0) is 4.79 Å². The molecule has 0 aliphatic heterocycles. The molecule has 0 saturated carbocycles. The van der Waals surface area contributed by atoms with Crippen LogP contribution in [0.25, 0.3) is 12.2 Å². The van der Waals surface area contributed by atoms with Gasteiger partial charge in [-0.2, -0.15) is 5.10 Å². The maximum absolute atomic E-state index is 12.9. The number of allylic oxidation sites excluding steroid dienone is 1. The van der Waals surface area contributed by atoms with Crippen molar-refractivity contribution < 1.29 is 14.0 Å². The van der Waals surface area contributed by atoms with Crippen LogP contribution >= 0.6 is 0 Å². The fourth-order valence-electron chi connectivity index (χ4n) is 2.80. The Morgan fingerprint density at radius 1 is 0.970 bits per heavy atom. The van der Waals surface area contributed by atoms with Crippen molar-refractivity contribution >= 4 is 35.4 Å². The van der Waals surface area contributed by atoms with Gasteiger partial charge in [-0.05, 0) is 67.1 Å². The second-order valence-electron chi connectivity index (χ2n) is 7.41. The van der Waals surface area contributed by atoms with E-state index in [0.717, 1.165) is 11.3 Å². The zero-order valence-corrected chi connectivity index (χ0v) is 18.8. The number of hydrogen-bond acceptors (Lipinski definition) is 5. The first kappa shape index (κ1) is 23.3. The van der Waals surface area contributed by atoms with Gasteiger partial charge in [0.1, 0.15) is 11.5 Å². The Hall–Kier alpha value is -4.39. The van der Waals surface area contributed by atoms with Crippen molar-refractivity contribution in [1.29, 1.82) is 0 Å². The number of hydrogen-bond donors (Lipinski definition) is 2. The van der Waals surface area contributed by atoms with E-state index in [1.54, 1.807) is 61.7 Å². The van der Waals surface area contributed by atoms with Gasteiger partial charge in [0, 0.05) is 25.3 Å². The summed E-state index contributed by atoms with van der Waals surface area (Å²) >= 11 is 0. The summed E-state index contributed by atoms with van der Waals surface area (Å²) in [5.41, 5.74) is 5.36. The maximum atomic E-state index is 12.9. The molecule has 2 amide bonds. The fourth-order valence-corrected chi connectivity index (χ4v) is 2.80. The molecule has 0 aliphatic rings. The molecule has 7 heteroatoms. The van der Waals surface area contributed by atoms with Gasteiger partial charge in [0.05, 0.1) is 12.0 Å². The van der Waals surface area contributed by atoms with Crippen molar-refractivity contribution in [2.24, 2.45) is 5.10 Å². The van der Waals surface area contributed by atoms with Crippen LogP contribution in [0.1, 0.15) is 28.6 Å². The largest absolute Gasteiger partial charge is 0.465 e. The lowest BCUT2D eigenvalue weighted by Gasteiger charge is -2.13. The van der Waals surface area contributed by atoms with Crippen LogP contribution in [0.15, 0.2) is 94.3 Å². The number of benzene rings is 2. The number of nitrogens with zero attached hydrogens (tertiary/aromatic N) is 2. The van der Waals surface area contributed by atoms with E-state index in [9.17, 15) is 9.59 Å². The Kier molecular flexibility index (Phi) is 7.96. The maximum Gasteiger partial charge on any atom is 0.287 e. The molecule has 0 aliphatic carbocycles. The highest BCUT2D eigenvalue weighted by Gasteiger charge is 2.14. The smallest absolute Gasteiger partial charge is 0.287 e. The van der Waals surface area contributed by atoms with Crippen LogP contribution < -0.4 is 15.6 Å². The number of furan rings is 1. The molecule has 0 atom stereocenters. The molecule has 1 aromatic heterocycles. The normalized spacial score (nSPS) is 12.0. The lowest BCUT2D eigenvalue weighted by Crippen LogP contribution is -2.33. The van der Waals surface area contributed by atoms with E-state index in [4.69, 9.17) is 4.42 Å². The van der Waals surface area contributed by atoms with Crippen LogP contribution in [-0.4, -0.2) is 31.6 Å². The molecule has 2 aromatic carbocycles. The molecule has 168 valence electrons. The first-order chi connectivity index (χ1) is 15.9. The van der Waals surface area contributed by atoms with E-state index in [1.807, 2.05) is 55.4 Å². The van der Waals surface area contributed by atoms with Crippen LogP contribution in [0.3, 0.4) is 0 Å². The van der Waals surface area contributed by atoms with Crippen LogP contribution in [0.4, 0.5) is 5.69 Å². The Morgan fingerprint density at radius 2 is 1.70 bits per heavy atom. The second-order valence-corrected chi connectivity index (χ2v) is 7.41. The van der Waals surface area contributed by atoms with E-state index in [1.165, 1.54) is 0 Å². The fraction of sp³-hybridized carbons (Fsp3) is 0.115. The van der Waals surface area contributed by atoms with Gasteiger partial charge in [-0.25, -0.2) is 5.43 Å². The predicted octanol–water partition coefficient (Wildman–Crippen LogP) is 4.32. The monoisotopic (exact) mass is 442 g/mol. The summed E-state index contributed by atoms with van der Waals surface area (Å²) in [6.45, 7) is 1.74. The number of amides is 2. The van der Waals surface area contributed by atoms with Gasteiger partial charge >= 0.3 is 0 Å². The van der Waals surface area contributed by atoms with E-state index in [0.29, 0.717) is 17.0 Å². The first-order valence-electron chi connectivity index (χ1n) is 10.3. The molecule has 3 aromatic rings. The Morgan fingerprint density at radius 3 is 2.33 bits per heavy atom. The van der Waals surface area contributed by atoms with Gasteiger partial charge in [-0.15, -0.1) is 0 Å². The highest BCUT2D eigenvalue weighted by Crippen LogP contribution is 2.14. The number of anilines is 1. The summed E-state index contributed by atoms with van der Waals surface area (Å²) in [5, 5.41) is 6.79. The average molecular weight is 443 g/mol. The highest BCUT2D eigenvalue weighted by atomic mass is 16.3. The summed E-state index contributed by atoms with van der Waals surface area (Å²) in [5.74, 6) is -0.255. The zero-order valence-electron chi connectivity index (χ0n) is 18.8. The van der Waals surface area contributed by atoms with Crippen LogP contribution in [0.5, 0.6) is 0 Å². The van der Waals surface area contributed by atoms with Gasteiger partial charge in [-0.1, -0.05) is 30.3 Å². The summed E-state index contributed by atoms with van der Waals surface area (Å²) in [7, 11) is 3.90. The predicted molar refractivity (Wildman–Crippen MR) is 132 cm³/mol. The van der Waals surface area contributed by atoms with Gasteiger partial charge in [0.2, 0.25) is 0 Å². The number of carbonyl (C=O) groups is 2. The third-order valence-electron chi connectivity index (χ3n) is 4.62. The minimum atomic E-state index is -0.540. The molecule has 0 fully saturated rings. The van der Waals surface area contributed by atoms with Crippen LogP contribution in [0, 0.1) is 0 Å². The van der Waals surface area contributed by atoms with Crippen molar-refractivity contribution in [3.63, 3.8) is 0 Å². The minimum absolute atomic E-state index is 0.0769. The van der Waals surface area contributed by atoms with Crippen molar-refractivity contribution in [1.82, 2.24) is 10.7 Å². The summed E-state index contributed by atoms with van der Waals surface area (Å²) < 4.78 is 5.23. The molecule has 33 heavy (non-hydrogen) atoms. The summed E-state index contributed by atoms with van der Waals surface area (Å²) in [4.78, 5) is 27.5. The molecule has 2 N–H and O–H groups in total. The van der Waals surface area contributed by atoms with Gasteiger partial charge in [0.15, 0.2) is 0 Å². The third kappa shape index (κ3) is 7.07. The average Bonchev–Trinajstić information content (AvgIpc) is 3.35. The number of carbonyl (C=O) groups excluding carboxylic acids is 2. The third-order valence-corrected chi connectivity index (χ3v) is 4.62. The Labute approximate surface area is 193 Å². The van der Waals surface area contributed by atoms with Crippen molar-refractivity contribution in [3.05, 3.63) is 102 Å². The standard InChI is InChI=1S/C26H26N4O3/c1-19(11-16-23-10-7-17-33-23)28-29-26(32)24(27-25(31)21-8-5-4-6-9-21)18-20-12-14-22(15-13-20)30(2)3/h4-18H,1-3H3,(H,27,31)(H,29,32)/b16-11+,24-18-,28-19?. The summed E-state index contributed by atoms with van der Waals surface area (Å²) in [6, 6.07) is 19.9. The quantitative estimate of drug-likeness (QED) is 0.309. The van der Waals surface area contributed by atoms with E-state index < -0.39 is 5.91 Å². The molecule has 7 nitrogen and oxygen atoms in total.